The molecule has 1 aliphatic rings. The Morgan fingerprint density at radius 1 is 1.21 bits per heavy atom. The van der Waals surface area contributed by atoms with Crippen molar-refractivity contribution in [1.82, 2.24) is 5.32 Å². The van der Waals surface area contributed by atoms with Crippen LogP contribution in [0.4, 0.5) is 0 Å². The molecule has 1 saturated heterocycles. The van der Waals surface area contributed by atoms with Crippen LogP contribution in [0.3, 0.4) is 0 Å². The van der Waals surface area contributed by atoms with E-state index in [-0.39, 0.29) is 5.60 Å². The molecular formula is C17H27NO. The van der Waals surface area contributed by atoms with E-state index in [0.29, 0.717) is 6.04 Å². The van der Waals surface area contributed by atoms with Gasteiger partial charge in [-0.1, -0.05) is 43.7 Å². The molecule has 0 bridgehead atoms. The summed E-state index contributed by atoms with van der Waals surface area (Å²) in [6, 6.07) is 9.39. The molecule has 0 aromatic heterocycles. The van der Waals surface area contributed by atoms with Crippen molar-refractivity contribution in [3.63, 3.8) is 0 Å². The van der Waals surface area contributed by atoms with Crippen molar-refractivity contribution >= 4 is 0 Å². The zero-order valence-corrected chi connectivity index (χ0v) is 12.5. The fraction of sp³-hybridized carbons (Fsp3) is 0.647. The lowest BCUT2D eigenvalue weighted by atomic mass is 9.86. The van der Waals surface area contributed by atoms with Gasteiger partial charge < -0.3 is 10.1 Å². The molecule has 2 heteroatoms. The van der Waals surface area contributed by atoms with Gasteiger partial charge in [0, 0.05) is 19.2 Å². The molecule has 1 atom stereocenters. The standard InChI is InChI=1S/C17H27NO/c1-4-17(5-2)12-16(10-11-19-17)18-13-15-8-6-14(3)7-9-15/h6-9,16,18H,4-5,10-13H2,1-3H3. The highest BCUT2D eigenvalue weighted by Gasteiger charge is 2.34. The maximum atomic E-state index is 6.02. The second-order valence-electron chi connectivity index (χ2n) is 5.79. The highest BCUT2D eigenvalue weighted by Crippen LogP contribution is 2.31. The molecule has 1 heterocycles. The summed E-state index contributed by atoms with van der Waals surface area (Å²) < 4.78 is 6.02. The fourth-order valence-corrected chi connectivity index (χ4v) is 2.91. The summed E-state index contributed by atoms with van der Waals surface area (Å²) >= 11 is 0. The molecule has 19 heavy (non-hydrogen) atoms. The Labute approximate surface area is 117 Å². The van der Waals surface area contributed by atoms with E-state index in [9.17, 15) is 0 Å². The highest BCUT2D eigenvalue weighted by molar-refractivity contribution is 5.21. The van der Waals surface area contributed by atoms with Gasteiger partial charge in [0.2, 0.25) is 0 Å². The van der Waals surface area contributed by atoms with E-state index < -0.39 is 0 Å². The predicted octanol–water partition coefficient (Wildman–Crippen LogP) is 3.82. The summed E-state index contributed by atoms with van der Waals surface area (Å²) in [7, 11) is 0. The topological polar surface area (TPSA) is 21.3 Å². The third-order valence-electron chi connectivity index (χ3n) is 4.50. The number of rotatable bonds is 5. The molecule has 1 aromatic carbocycles. The average molecular weight is 261 g/mol. The monoisotopic (exact) mass is 261 g/mol. The number of benzene rings is 1. The molecule has 2 rings (SSSR count). The molecule has 106 valence electrons. The second-order valence-corrected chi connectivity index (χ2v) is 5.79. The molecule has 1 aromatic rings. The molecule has 0 amide bonds. The summed E-state index contributed by atoms with van der Waals surface area (Å²) in [6.45, 7) is 8.48. The zero-order valence-electron chi connectivity index (χ0n) is 12.5. The lowest BCUT2D eigenvalue weighted by Crippen LogP contribution is -2.46. The third-order valence-corrected chi connectivity index (χ3v) is 4.50. The third kappa shape index (κ3) is 3.80. The minimum atomic E-state index is 0.114. The van der Waals surface area contributed by atoms with Crippen molar-refractivity contribution in [3.8, 4) is 0 Å². The minimum Gasteiger partial charge on any atom is -0.375 e. The van der Waals surface area contributed by atoms with Crippen LogP contribution in [0.1, 0.15) is 50.7 Å². The van der Waals surface area contributed by atoms with Crippen molar-refractivity contribution in [2.24, 2.45) is 0 Å². The average Bonchev–Trinajstić information content (AvgIpc) is 2.47. The van der Waals surface area contributed by atoms with Gasteiger partial charge in [0.1, 0.15) is 0 Å². The van der Waals surface area contributed by atoms with E-state index in [1.54, 1.807) is 0 Å². The van der Waals surface area contributed by atoms with Crippen LogP contribution in [-0.4, -0.2) is 18.2 Å². The first kappa shape index (κ1) is 14.5. The first-order valence-corrected chi connectivity index (χ1v) is 7.60. The van der Waals surface area contributed by atoms with Gasteiger partial charge in [-0.2, -0.15) is 0 Å². The Bertz CT molecular complexity index is 381. The van der Waals surface area contributed by atoms with Gasteiger partial charge in [-0.15, -0.1) is 0 Å². The molecule has 0 spiro atoms. The summed E-state index contributed by atoms with van der Waals surface area (Å²) in [5.41, 5.74) is 2.81. The van der Waals surface area contributed by atoms with Crippen LogP contribution < -0.4 is 5.32 Å². The van der Waals surface area contributed by atoms with Gasteiger partial charge in [-0.25, -0.2) is 0 Å². The van der Waals surface area contributed by atoms with E-state index in [1.807, 2.05) is 0 Å². The number of ether oxygens (including phenoxy) is 1. The first-order valence-electron chi connectivity index (χ1n) is 7.60. The van der Waals surface area contributed by atoms with Gasteiger partial charge in [0.05, 0.1) is 5.60 Å². The maximum Gasteiger partial charge on any atom is 0.0692 e. The van der Waals surface area contributed by atoms with Crippen LogP contribution in [-0.2, 0) is 11.3 Å². The Balaban J connectivity index is 1.87. The van der Waals surface area contributed by atoms with E-state index >= 15 is 0 Å². The molecule has 0 saturated carbocycles. The van der Waals surface area contributed by atoms with Gasteiger partial charge in [-0.05, 0) is 38.2 Å². The van der Waals surface area contributed by atoms with Crippen molar-refractivity contribution in [2.45, 2.75) is 64.6 Å². The van der Waals surface area contributed by atoms with Crippen LogP contribution in [0.2, 0.25) is 0 Å². The van der Waals surface area contributed by atoms with Crippen molar-refractivity contribution < 1.29 is 4.74 Å². The number of aryl methyl sites for hydroxylation is 1. The number of hydrogen-bond donors (Lipinski definition) is 1. The van der Waals surface area contributed by atoms with E-state index in [1.165, 1.54) is 11.1 Å². The summed E-state index contributed by atoms with van der Waals surface area (Å²) in [6.07, 6.45) is 4.51. The van der Waals surface area contributed by atoms with Crippen LogP contribution in [0.25, 0.3) is 0 Å². The highest BCUT2D eigenvalue weighted by atomic mass is 16.5. The zero-order chi connectivity index (χ0) is 13.7. The van der Waals surface area contributed by atoms with Gasteiger partial charge in [-0.3, -0.25) is 0 Å². The van der Waals surface area contributed by atoms with E-state index in [0.717, 1.165) is 38.8 Å². The second kappa shape index (κ2) is 6.53. The minimum absolute atomic E-state index is 0.114. The Morgan fingerprint density at radius 3 is 2.53 bits per heavy atom. The molecule has 0 radical (unpaired) electrons. The molecule has 1 N–H and O–H groups in total. The summed E-state index contributed by atoms with van der Waals surface area (Å²) in [5, 5.41) is 3.70. The molecule has 2 nitrogen and oxygen atoms in total. The van der Waals surface area contributed by atoms with Crippen molar-refractivity contribution in [2.75, 3.05) is 6.61 Å². The van der Waals surface area contributed by atoms with Crippen molar-refractivity contribution in [1.29, 1.82) is 0 Å². The number of hydrogen-bond acceptors (Lipinski definition) is 2. The fourth-order valence-electron chi connectivity index (χ4n) is 2.91. The van der Waals surface area contributed by atoms with E-state index in [2.05, 4.69) is 50.4 Å². The molecule has 1 aliphatic heterocycles. The van der Waals surface area contributed by atoms with Crippen LogP contribution in [0.15, 0.2) is 24.3 Å². The molecular weight excluding hydrogens is 234 g/mol. The number of nitrogens with one attached hydrogen (secondary N) is 1. The lowest BCUT2D eigenvalue weighted by Gasteiger charge is -2.40. The summed E-state index contributed by atoms with van der Waals surface area (Å²) in [5.74, 6) is 0. The maximum absolute atomic E-state index is 6.02. The quantitative estimate of drug-likeness (QED) is 0.870. The van der Waals surface area contributed by atoms with Crippen LogP contribution in [0, 0.1) is 6.92 Å². The summed E-state index contributed by atoms with van der Waals surface area (Å²) in [4.78, 5) is 0. The Morgan fingerprint density at radius 2 is 1.89 bits per heavy atom. The van der Waals surface area contributed by atoms with Crippen LogP contribution in [0.5, 0.6) is 0 Å². The first-order chi connectivity index (χ1) is 9.17. The Kier molecular flexibility index (Phi) is 5.00. The normalized spacial score (nSPS) is 22.4. The lowest BCUT2D eigenvalue weighted by molar-refractivity contribution is -0.0932. The van der Waals surface area contributed by atoms with E-state index in [4.69, 9.17) is 4.74 Å². The van der Waals surface area contributed by atoms with Gasteiger partial charge in [0.25, 0.3) is 0 Å². The largest absolute Gasteiger partial charge is 0.375 e. The molecule has 1 fully saturated rings. The van der Waals surface area contributed by atoms with Crippen molar-refractivity contribution in [3.05, 3.63) is 35.4 Å². The SMILES string of the molecule is CCC1(CC)CC(NCc2ccc(C)cc2)CCO1. The molecule has 1 unspecified atom stereocenters. The van der Waals surface area contributed by atoms with Crippen LogP contribution >= 0.6 is 0 Å². The van der Waals surface area contributed by atoms with Gasteiger partial charge in [0.15, 0.2) is 0 Å². The predicted molar refractivity (Wildman–Crippen MR) is 80.3 cm³/mol. The van der Waals surface area contributed by atoms with Gasteiger partial charge >= 0.3 is 0 Å². The molecule has 0 aliphatic carbocycles. The smallest absolute Gasteiger partial charge is 0.0692 e. The Hall–Kier alpha value is -0.860.